The molecule has 0 amide bonds. The first kappa shape index (κ1) is 18.5. The van der Waals surface area contributed by atoms with Gasteiger partial charge < -0.3 is 9.32 Å². The Hall–Kier alpha value is -2.26. The second-order valence-corrected chi connectivity index (χ2v) is 6.33. The van der Waals surface area contributed by atoms with Crippen LogP contribution in [0.5, 0.6) is 0 Å². The predicted octanol–water partition coefficient (Wildman–Crippen LogP) is 4.18. The number of nitro groups is 1. The van der Waals surface area contributed by atoms with Crippen LogP contribution in [-0.2, 0) is 12.7 Å². The Morgan fingerprint density at radius 2 is 1.85 bits per heavy atom. The summed E-state index contributed by atoms with van der Waals surface area (Å²) in [5.41, 5.74) is -0.378. The number of hydrogen-bond donors (Lipinski definition) is 0. The monoisotopic (exact) mass is 389 g/mol. The van der Waals surface area contributed by atoms with Crippen molar-refractivity contribution >= 4 is 23.2 Å². The molecule has 1 aliphatic heterocycles. The van der Waals surface area contributed by atoms with Crippen LogP contribution in [0, 0.1) is 10.1 Å². The average Bonchev–Trinajstić information content (AvgIpc) is 3.04. The summed E-state index contributed by atoms with van der Waals surface area (Å²) < 4.78 is 44.1. The fourth-order valence-corrected chi connectivity index (χ4v) is 3.09. The quantitative estimate of drug-likeness (QED) is 0.579. The molecule has 0 aliphatic carbocycles. The number of alkyl halides is 3. The van der Waals surface area contributed by atoms with Gasteiger partial charge in [-0.15, -0.1) is 0 Å². The SMILES string of the molecule is O=[N+]([O-])c1ccc(CN2CCN(c3ccc(Cl)c(C(F)(F)F)c3)CC2)o1. The minimum atomic E-state index is -4.50. The number of furan rings is 1. The van der Waals surface area contributed by atoms with Crippen LogP contribution in [0.4, 0.5) is 24.7 Å². The van der Waals surface area contributed by atoms with Gasteiger partial charge in [0.15, 0.2) is 0 Å². The van der Waals surface area contributed by atoms with Crippen molar-refractivity contribution in [1.29, 1.82) is 0 Å². The second kappa shape index (κ2) is 7.16. The van der Waals surface area contributed by atoms with Crippen molar-refractivity contribution < 1.29 is 22.5 Å². The van der Waals surface area contributed by atoms with Crippen molar-refractivity contribution in [2.24, 2.45) is 0 Å². The number of piperazine rings is 1. The molecule has 6 nitrogen and oxygen atoms in total. The van der Waals surface area contributed by atoms with Gasteiger partial charge in [-0.25, -0.2) is 0 Å². The maximum atomic E-state index is 13.0. The van der Waals surface area contributed by atoms with Gasteiger partial charge in [-0.1, -0.05) is 11.6 Å². The van der Waals surface area contributed by atoms with E-state index in [1.54, 1.807) is 12.1 Å². The summed E-state index contributed by atoms with van der Waals surface area (Å²) in [5, 5.41) is 10.3. The standard InChI is InChI=1S/C16H15ClF3N3O3/c17-14-3-1-11(9-13(14)16(18,19)20)22-7-5-21(6-8-22)10-12-2-4-15(26-12)23(24)25/h1-4,9H,5-8,10H2. The van der Waals surface area contributed by atoms with Gasteiger partial charge in [0.2, 0.25) is 0 Å². The van der Waals surface area contributed by atoms with E-state index in [4.69, 9.17) is 16.0 Å². The fourth-order valence-electron chi connectivity index (χ4n) is 2.86. The summed E-state index contributed by atoms with van der Waals surface area (Å²) in [4.78, 5) is 13.9. The minimum absolute atomic E-state index is 0.306. The number of anilines is 1. The molecule has 2 aromatic rings. The molecule has 1 saturated heterocycles. The summed E-state index contributed by atoms with van der Waals surface area (Å²) >= 11 is 5.65. The normalized spacial score (nSPS) is 16.1. The first-order valence-electron chi connectivity index (χ1n) is 7.81. The highest BCUT2D eigenvalue weighted by molar-refractivity contribution is 6.31. The molecule has 1 aliphatic rings. The Morgan fingerprint density at radius 1 is 1.15 bits per heavy atom. The zero-order valence-electron chi connectivity index (χ0n) is 13.5. The largest absolute Gasteiger partial charge is 0.433 e. The summed E-state index contributed by atoms with van der Waals surface area (Å²) in [7, 11) is 0. The summed E-state index contributed by atoms with van der Waals surface area (Å²) in [6, 6.07) is 6.75. The molecule has 3 rings (SSSR count). The molecular formula is C16H15ClF3N3O3. The lowest BCUT2D eigenvalue weighted by Crippen LogP contribution is -2.46. The molecule has 0 saturated carbocycles. The molecule has 26 heavy (non-hydrogen) atoms. The summed E-state index contributed by atoms with van der Waals surface area (Å²) in [5.74, 6) is 0.176. The molecule has 0 spiro atoms. The number of halogens is 4. The first-order chi connectivity index (χ1) is 12.2. The Labute approximate surface area is 151 Å². The van der Waals surface area contributed by atoms with Crippen molar-refractivity contribution in [3.8, 4) is 0 Å². The lowest BCUT2D eigenvalue weighted by Gasteiger charge is -2.36. The molecule has 1 aromatic heterocycles. The van der Waals surface area contributed by atoms with Crippen molar-refractivity contribution in [1.82, 2.24) is 4.90 Å². The van der Waals surface area contributed by atoms with Gasteiger partial charge in [0.25, 0.3) is 0 Å². The summed E-state index contributed by atoms with van der Waals surface area (Å²) in [6.07, 6.45) is -4.50. The van der Waals surface area contributed by atoms with E-state index in [1.807, 2.05) is 9.80 Å². The molecule has 0 atom stereocenters. The third kappa shape index (κ3) is 4.10. The van der Waals surface area contributed by atoms with Gasteiger partial charge in [-0.3, -0.25) is 15.0 Å². The number of benzene rings is 1. The third-order valence-corrected chi connectivity index (χ3v) is 4.53. The van der Waals surface area contributed by atoms with E-state index in [1.165, 1.54) is 12.1 Å². The number of nitrogens with zero attached hydrogens (tertiary/aromatic N) is 3. The lowest BCUT2D eigenvalue weighted by atomic mass is 10.1. The van der Waals surface area contributed by atoms with Crippen LogP contribution in [0.25, 0.3) is 0 Å². The molecule has 0 N–H and O–H groups in total. The molecule has 2 heterocycles. The maximum absolute atomic E-state index is 13.0. The third-order valence-electron chi connectivity index (χ3n) is 4.20. The Morgan fingerprint density at radius 3 is 2.42 bits per heavy atom. The molecule has 0 bridgehead atoms. The molecule has 140 valence electrons. The van der Waals surface area contributed by atoms with Crippen molar-refractivity contribution in [3.63, 3.8) is 0 Å². The highest BCUT2D eigenvalue weighted by Crippen LogP contribution is 2.37. The average molecular weight is 390 g/mol. The van der Waals surface area contributed by atoms with Crippen molar-refractivity contribution in [2.75, 3.05) is 31.1 Å². The van der Waals surface area contributed by atoms with Crippen LogP contribution in [0.15, 0.2) is 34.7 Å². The molecule has 1 aromatic carbocycles. The van der Waals surface area contributed by atoms with Gasteiger partial charge in [0, 0.05) is 31.9 Å². The topological polar surface area (TPSA) is 62.8 Å². The minimum Gasteiger partial charge on any atom is -0.404 e. The van der Waals surface area contributed by atoms with Gasteiger partial charge in [0.1, 0.15) is 10.7 Å². The van der Waals surface area contributed by atoms with E-state index in [-0.39, 0.29) is 10.9 Å². The smallest absolute Gasteiger partial charge is 0.404 e. The van der Waals surface area contributed by atoms with Crippen LogP contribution < -0.4 is 4.90 Å². The van der Waals surface area contributed by atoms with Crippen molar-refractivity contribution in [3.05, 3.63) is 56.8 Å². The highest BCUT2D eigenvalue weighted by atomic mass is 35.5. The second-order valence-electron chi connectivity index (χ2n) is 5.92. The summed E-state index contributed by atoms with van der Waals surface area (Å²) in [6.45, 7) is 2.66. The number of rotatable bonds is 4. The van der Waals surface area contributed by atoms with Crippen LogP contribution in [0.3, 0.4) is 0 Å². The van der Waals surface area contributed by atoms with Crippen LogP contribution in [0.2, 0.25) is 5.02 Å². The van der Waals surface area contributed by atoms with Gasteiger partial charge in [-0.2, -0.15) is 13.2 Å². The van der Waals surface area contributed by atoms with Crippen LogP contribution >= 0.6 is 11.6 Å². The zero-order valence-corrected chi connectivity index (χ0v) is 14.3. The van der Waals surface area contributed by atoms with E-state index in [0.29, 0.717) is 44.2 Å². The Kier molecular flexibility index (Phi) is 5.10. The van der Waals surface area contributed by atoms with Crippen molar-refractivity contribution in [2.45, 2.75) is 12.7 Å². The molecule has 1 fully saturated rings. The molecule has 10 heteroatoms. The van der Waals surface area contributed by atoms with Gasteiger partial charge in [-0.05, 0) is 24.3 Å². The Balaban J connectivity index is 1.62. The zero-order chi connectivity index (χ0) is 18.9. The van der Waals surface area contributed by atoms with E-state index in [9.17, 15) is 23.3 Å². The van der Waals surface area contributed by atoms with Crippen LogP contribution in [-0.4, -0.2) is 36.0 Å². The van der Waals surface area contributed by atoms with E-state index < -0.39 is 16.7 Å². The first-order valence-corrected chi connectivity index (χ1v) is 8.19. The molecule has 0 unspecified atom stereocenters. The van der Waals surface area contributed by atoms with Crippen LogP contribution in [0.1, 0.15) is 11.3 Å². The highest BCUT2D eigenvalue weighted by Gasteiger charge is 2.34. The Bertz CT molecular complexity index is 802. The van der Waals surface area contributed by atoms with Gasteiger partial charge in [0.05, 0.1) is 23.2 Å². The molecule has 0 radical (unpaired) electrons. The van der Waals surface area contributed by atoms with E-state index in [0.717, 1.165) is 6.07 Å². The van der Waals surface area contributed by atoms with Gasteiger partial charge >= 0.3 is 12.1 Å². The van der Waals surface area contributed by atoms with E-state index in [2.05, 4.69) is 0 Å². The maximum Gasteiger partial charge on any atom is 0.433 e. The molecular weight excluding hydrogens is 375 g/mol. The fraction of sp³-hybridized carbons (Fsp3) is 0.375. The lowest BCUT2D eigenvalue weighted by molar-refractivity contribution is -0.402. The number of hydrogen-bond acceptors (Lipinski definition) is 5. The van der Waals surface area contributed by atoms with E-state index >= 15 is 0 Å². The predicted molar refractivity (Wildman–Crippen MR) is 89.3 cm³/mol.